The van der Waals surface area contributed by atoms with E-state index < -0.39 is 0 Å². The van der Waals surface area contributed by atoms with Crippen molar-refractivity contribution >= 4 is 30.7 Å². The van der Waals surface area contributed by atoms with Crippen LogP contribution in [0.4, 0.5) is 0 Å². The maximum absolute atomic E-state index is 12.4. The Bertz CT molecular complexity index is 520. The minimum absolute atomic E-state index is 0. The van der Waals surface area contributed by atoms with Gasteiger partial charge in [0.05, 0.1) is 6.54 Å². The third kappa shape index (κ3) is 5.31. The molecule has 0 radical (unpaired) electrons. The van der Waals surface area contributed by atoms with E-state index in [1.54, 1.807) is 6.92 Å². The number of amides is 1. The molecule has 7 nitrogen and oxygen atoms in total. The summed E-state index contributed by atoms with van der Waals surface area (Å²) in [4.78, 5) is 20.8. The maximum atomic E-state index is 12.4. The van der Waals surface area contributed by atoms with E-state index >= 15 is 0 Å². The molecule has 24 heavy (non-hydrogen) atoms. The van der Waals surface area contributed by atoms with Gasteiger partial charge in [-0.25, -0.2) is 0 Å². The highest BCUT2D eigenvalue weighted by Gasteiger charge is 2.29. The van der Waals surface area contributed by atoms with Crippen LogP contribution in [0.5, 0.6) is 0 Å². The number of aryl methyl sites for hydroxylation is 1. The first-order valence-electron chi connectivity index (χ1n) is 8.16. The monoisotopic (exact) mass is 379 g/mol. The Balaban J connectivity index is 0.00000144. The number of hydrogen-bond donors (Lipinski definition) is 1. The molecule has 1 amide bonds. The Morgan fingerprint density at radius 1 is 1.25 bits per heavy atom. The smallest absolute Gasteiger partial charge is 0.223 e. The molecule has 2 N–H and O–H groups in total. The van der Waals surface area contributed by atoms with E-state index in [0.29, 0.717) is 30.6 Å². The number of piperazine rings is 1. The van der Waals surface area contributed by atoms with Crippen molar-refractivity contribution in [3.63, 3.8) is 0 Å². The van der Waals surface area contributed by atoms with Gasteiger partial charge in [0, 0.05) is 45.6 Å². The van der Waals surface area contributed by atoms with Gasteiger partial charge in [-0.15, -0.1) is 24.8 Å². The zero-order chi connectivity index (χ0) is 15.5. The van der Waals surface area contributed by atoms with Gasteiger partial charge >= 0.3 is 0 Å². The molecule has 1 aromatic heterocycles. The molecule has 1 aliphatic carbocycles. The topological polar surface area (TPSA) is 88.5 Å². The first-order valence-corrected chi connectivity index (χ1v) is 8.16. The summed E-state index contributed by atoms with van der Waals surface area (Å²) in [5.74, 6) is 1.95. The second-order valence-corrected chi connectivity index (χ2v) is 6.45. The van der Waals surface area contributed by atoms with Crippen LogP contribution in [-0.4, -0.2) is 58.1 Å². The molecule has 0 spiro atoms. The van der Waals surface area contributed by atoms with E-state index in [2.05, 4.69) is 15.0 Å². The van der Waals surface area contributed by atoms with Gasteiger partial charge < -0.3 is 15.2 Å². The normalized spacial score (nSPS) is 24.3. The molecule has 1 aliphatic heterocycles. The zero-order valence-corrected chi connectivity index (χ0v) is 15.7. The van der Waals surface area contributed by atoms with Crippen molar-refractivity contribution in [2.75, 3.05) is 26.2 Å². The molecule has 1 saturated carbocycles. The van der Waals surface area contributed by atoms with E-state index in [4.69, 9.17) is 10.3 Å². The Labute approximate surface area is 155 Å². The largest absolute Gasteiger partial charge is 0.340 e. The Hall–Kier alpha value is -0.890. The third-order valence-electron chi connectivity index (χ3n) is 4.81. The number of carbonyl (C=O) groups excluding carboxylic acids is 1. The van der Waals surface area contributed by atoms with Gasteiger partial charge in [-0.2, -0.15) is 4.98 Å². The van der Waals surface area contributed by atoms with E-state index in [9.17, 15) is 4.79 Å². The predicted molar refractivity (Wildman–Crippen MR) is 95.3 cm³/mol. The fourth-order valence-electron chi connectivity index (χ4n) is 3.43. The second-order valence-electron chi connectivity index (χ2n) is 6.45. The fourth-order valence-corrected chi connectivity index (χ4v) is 3.43. The fraction of sp³-hybridized carbons (Fsp3) is 0.800. The molecule has 0 aromatic carbocycles. The lowest BCUT2D eigenvalue weighted by Gasteiger charge is -2.34. The Morgan fingerprint density at radius 2 is 1.96 bits per heavy atom. The van der Waals surface area contributed by atoms with E-state index in [-0.39, 0.29) is 36.8 Å². The number of hydrogen-bond acceptors (Lipinski definition) is 6. The number of nitrogens with two attached hydrogens (primary N) is 1. The van der Waals surface area contributed by atoms with Crippen molar-refractivity contribution < 1.29 is 9.32 Å². The summed E-state index contributed by atoms with van der Waals surface area (Å²) in [7, 11) is 0. The summed E-state index contributed by atoms with van der Waals surface area (Å²) >= 11 is 0. The molecule has 2 heterocycles. The van der Waals surface area contributed by atoms with Gasteiger partial charge in [0.1, 0.15) is 0 Å². The molecule has 0 unspecified atom stereocenters. The van der Waals surface area contributed by atoms with Crippen LogP contribution in [0.1, 0.15) is 37.4 Å². The van der Waals surface area contributed by atoms with E-state index in [1.165, 1.54) is 0 Å². The maximum Gasteiger partial charge on any atom is 0.223 e. The van der Waals surface area contributed by atoms with Gasteiger partial charge in [0.25, 0.3) is 0 Å². The summed E-state index contributed by atoms with van der Waals surface area (Å²) in [6.45, 7) is 5.75. The molecule has 1 saturated heterocycles. The van der Waals surface area contributed by atoms with Crippen molar-refractivity contribution in [1.82, 2.24) is 19.9 Å². The van der Waals surface area contributed by atoms with Gasteiger partial charge in [-0.1, -0.05) is 11.6 Å². The number of nitrogens with zero attached hydrogens (tertiary/aromatic N) is 4. The van der Waals surface area contributed by atoms with Crippen molar-refractivity contribution in [3.8, 4) is 0 Å². The molecule has 9 heteroatoms. The summed E-state index contributed by atoms with van der Waals surface area (Å²) in [6.07, 6.45) is 3.95. The molecule has 3 rings (SSSR count). The van der Waals surface area contributed by atoms with Crippen LogP contribution in [-0.2, 0) is 11.3 Å². The lowest BCUT2D eigenvalue weighted by molar-refractivity contribution is -0.134. The standard InChI is InChI=1S/C15H25N5O2.2ClH/c1-11-17-14(18-22-11)10-19-5-7-20(8-6-19)15(21)9-12-3-2-4-13(12)16;;/h12-13H,2-10,16H2,1H3;2*1H/t12-,13+;;/m0../s1. The lowest BCUT2D eigenvalue weighted by atomic mass is 9.99. The zero-order valence-electron chi connectivity index (χ0n) is 14.0. The summed E-state index contributed by atoms with van der Waals surface area (Å²) < 4.78 is 4.99. The van der Waals surface area contributed by atoms with Crippen LogP contribution in [0.15, 0.2) is 4.52 Å². The minimum atomic E-state index is 0. The highest BCUT2D eigenvalue weighted by molar-refractivity contribution is 5.85. The molecular weight excluding hydrogens is 353 g/mol. The van der Waals surface area contributed by atoms with Gasteiger partial charge in [-0.3, -0.25) is 9.69 Å². The summed E-state index contributed by atoms with van der Waals surface area (Å²) in [5, 5.41) is 3.92. The number of halogens is 2. The molecule has 2 atom stereocenters. The highest BCUT2D eigenvalue weighted by Crippen LogP contribution is 2.27. The SMILES string of the molecule is Cc1nc(CN2CCN(C(=O)C[C@@H]3CCC[C@H]3N)CC2)no1.Cl.Cl. The highest BCUT2D eigenvalue weighted by atomic mass is 35.5. The quantitative estimate of drug-likeness (QED) is 0.849. The van der Waals surface area contributed by atoms with Crippen molar-refractivity contribution in [1.29, 1.82) is 0 Å². The van der Waals surface area contributed by atoms with E-state index in [0.717, 1.165) is 45.4 Å². The first kappa shape index (κ1) is 21.2. The molecule has 0 bridgehead atoms. The van der Waals surface area contributed by atoms with Crippen LogP contribution >= 0.6 is 24.8 Å². The van der Waals surface area contributed by atoms with Crippen LogP contribution in [0, 0.1) is 12.8 Å². The lowest BCUT2D eigenvalue weighted by Crippen LogP contribution is -2.49. The number of aromatic nitrogens is 2. The van der Waals surface area contributed by atoms with Gasteiger partial charge in [0.2, 0.25) is 11.8 Å². The average molecular weight is 380 g/mol. The molecule has 2 aliphatic rings. The van der Waals surface area contributed by atoms with Crippen molar-refractivity contribution in [2.24, 2.45) is 11.7 Å². The number of carbonyl (C=O) groups is 1. The number of rotatable bonds is 4. The minimum Gasteiger partial charge on any atom is -0.340 e. The average Bonchev–Trinajstić information content (AvgIpc) is 3.09. The van der Waals surface area contributed by atoms with Crippen LogP contribution in [0.25, 0.3) is 0 Å². The molecule has 138 valence electrons. The summed E-state index contributed by atoms with van der Waals surface area (Å²) in [6, 6.07) is 0.215. The predicted octanol–water partition coefficient (Wildman–Crippen LogP) is 1.38. The first-order chi connectivity index (χ1) is 10.6. The van der Waals surface area contributed by atoms with Crippen LogP contribution in [0.3, 0.4) is 0 Å². The van der Waals surface area contributed by atoms with Crippen molar-refractivity contribution in [2.45, 2.75) is 45.2 Å². The Morgan fingerprint density at radius 3 is 2.50 bits per heavy atom. The molecule has 2 fully saturated rings. The van der Waals surface area contributed by atoms with Gasteiger partial charge in [0.15, 0.2) is 5.82 Å². The molecular formula is C15H27Cl2N5O2. The second kappa shape index (κ2) is 9.56. The summed E-state index contributed by atoms with van der Waals surface area (Å²) in [5.41, 5.74) is 6.07. The van der Waals surface area contributed by atoms with Crippen LogP contribution in [0.2, 0.25) is 0 Å². The van der Waals surface area contributed by atoms with Gasteiger partial charge in [-0.05, 0) is 18.8 Å². The van der Waals surface area contributed by atoms with E-state index in [1.807, 2.05) is 4.90 Å². The molecule has 1 aromatic rings. The van der Waals surface area contributed by atoms with Crippen LogP contribution < -0.4 is 5.73 Å². The van der Waals surface area contributed by atoms with Crippen molar-refractivity contribution in [3.05, 3.63) is 11.7 Å². The Kier molecular flexibility index (Phi) is 8.42. The third-order valence-corrected chi connectivity index (χ3v) is 4.81.